The minimum Gasteiger partial charge on any atom is -0.0694 e. The van der Waals surface area contributed by atoms with Gasteiger partial charge < -0.3 is 0 Å². The van der Waals surface area contributed by atoms with Crippen molar-refractivity contribution in [2.24, 2.45) is 0 Å². The Kier molecular flexibility index (Phi) is 1.30. The number of benzene rings is 1. The summed E-state index contributed by atoms with van der Waals surface area (Å²) in [5, 5.41) is 0. The first-order valence-corrected chi connectivity index (χ1v) is 3.68. The van der Waals surface area contributed by atoms with E-state index in [1.165, 1.54) is 11.1 Å². The Morgan fingerprint density at radius 3 is 2.10 bits per heavy atom. The van der Waals surface area contributed by atoms with E-state index in [1.807, 2.05) is 0 Å². The predicted molar refractivity (Wildman–Crippen MR) is 43.4 cm³/mol. The normalized spacial score (nSPS) is 17.2. The molecule has 1 aromatic rings. The van der Waals surface area contributed by atoms with Gasteiger partial charge in [0.05, 0.1) is 7.85 Å². The number of hydrogen-bond donors (Lipinski definition) is 0. The summed E-state index contributed by atoms with van der Waals surface area (Å²) in [5.41, 5.74) is 2.88. The fraction of sp³-hybridized carbons (Fsp3) is 0.333. The van der Waals surface area contributed by atoms with Crippen LogP contribution in [0.5, 0.6) is 0 Å². The Morgan fingerprint density at radius 2 is 1.60 bits per heavy atom. The highest BCUT2D eigenvalue weighted by Crippen LogP contribution is 2.27. The van der Waals surface area contributed by atoms with Crippen molar-refractivity contribution < 1.29 is 0 Å². The average molecular weight is 128 g/mol. The van der Waals surface area contributed by atoms with E-state index in [-0.39, 0.29) is 0 Å². The maximum atomic E-state index is 5.78. The van der Waals surface area contributed by atoms with E-state index in [4.69, 9.17) is 7.85 Å². The molecule has 0 spiro atoms. The highest BCUT2D eigenvalue weighted by Gasteiger charge is 2.15. The van der Waals surface area contributed by atoms with Crippen molar-refractivity contribution in [1.29, 1.82) is 0 Å². The van der Waals surface area contributed by atoms with Crippen LogP contribution in [0.2, 0.25) is 5.82 Å². The molecule has 0 saturated carbocycles. The van der Waals surface area contributed by atoms with Gasteiger partial charge in [-0.25, -0.2) is 0 Å². The van der Waals surface area contributed by atoms with Crippen LogP contribution < -0.4 is 0 Å². The monoisotopic (exact) mass is 128 g/mol. The zero-order chi connectivity index (χ0) is 6.97. The molecule has 1 heteroatoms. The van der Waals surface area contributed by atoms with Crippen molar-refractivity contribution in [3.63, 3.8) is 0 Å². The number of fused-ring (bicyclic) bond motifs is 1. The first-order valence-electron chi connectivity index (χ1n) is 3.68. The average Bonchev–Trinajstić information content (AvgIpc) is 2.27. The lowest BCUT2D eigenvalue weighted by Gasteiger charge is -1.93. The van der Waals surface area contributed by atoms with Crippen molar-refractivity contribution in [3.05, 3.63) is 35.4 Å². The summed E-state index contributed by atoms with van der Waals surface area (Å²) in [4.78, 5) is 0. The second kappa shape index (κ2) is 2.15. The van der Waals surface area contributed by atoms with Crippen molar-refractivity contribution in [2.45, 2.75) is 18.7 Å². The Balaban J connectivity index is 2.42. The summed E-state index contributed by atoms with van der Waals surface area (Å²) in [7, 11) is 5.78. The van der Waals surface area contributed by atoms with Gasteiger partial charge in [0.15, 0.2) is 0 Å². The molecular formula is C9H9B. The molecule has 0 saturated heterocycles. The standard InChI is InChI=1S/C9H9B/c10-9-5-7-3-1-2-4-8(7)6-9/h1-4,9H,5-6H2. The molecule has 48 valence electrons. The fourth-order valence-corrected chi connectivity index (χ4v) is 1.59. The van der Waals surface area contributed by atoms with Crippen molar-refractivity contribution in [2.75, 3.05) is 0 Å². The third-order valence-corrected chi connectivity index (χ3v) is 2.08. The summed E-state index contributed by atoms with van der Waals surface area (Å²) in [5.74, 6) is 0.373. The van der Waals surface area contributed by atoms with Gasteiger partial charge in [0.1, 0.15) is 0 Å². The molecule has 0 heterocycles. The predicted octanol–water partition coefficient (Wildman–Crippen LogP) is 1.74. The quantitative estimate of drug-likeness (QED) is 0.467. The molecule has 0 bridgehead atoms. The smallest absolute Gasteiger partial charge is 0.0694 e. The van der Waals surface area contributed by atoms with Crippen LogP contribution in [-0.4, -0.2) is 7.85 Å². The Bertz CT molecular complexity index is 217. The molecule has 0 fully saturated rings. The molecule has 0 aliphatic heterocycles. The van der Waals surface area contributed by atoms with Gasteiger partial charge >= 0.3 is 0 Å². The summed E-state index contributed by atoms with van der Waals surface area (Å²) < 4.78 is 0. The Morgan fingerprint density at radius 1 is 1.10 bits per heavy atom. The molecule has 1 aliphatic carbocycles. The van der Waals surface area contributed by atoms with Crippen LogP contribution in [0, 0.1) is 0 Å². The van der Waals surface area contributed by atoms with Gasteiger partial charge in [-0.05, 0) is 24.0 Å². The lowest BCUT2D eigenvalue weighted by molar-refractivity contribution is 0.905. The molecule has 2 rings (SSSR count). The second-order valence-electron chi connectivity index (χ2n) is 2.94. The first-order chi connectivity index (χ1) is 4.86. The largest absolute Gasteiger partial charge is 0.0708 e. The maximum Gasteiger partial charge on any atom is 0.0708 e. The fourth-order valence-electron chi connectivity index (χ4n) is 1.59. The van der Waals surface area contributed by atoms with Gasteiger partial charge in [-0.15, -0.1) is 0 Å². The molecule has 1 aliphatic rings. The topological polar surface area (TPSA) is 0 Å². The van der Waals surface area contributed by atoms with Crippen LogP contribution in [0.4, 0.5) is 0 Å². The summed E-state index contributed by atoms with van der Waals surface area (Å²) in [6.45, 7) is 0. The van der Waals surface area contributed by atoms with Gasteiger partial charge in [0.25, 0.3) is 0 Å². The minimum atomic E-state index is 0.373. The van der Waals surface area contributed by atoms with E-state index in [1.54, 1.807) is 0 Å². The third kappa shape index (κ3) is 0.861. The lowest BCUT2D eigenvalue weighted by Crippen LogP contribution is -1.87. The molecule has 10 heavy (non-hydrogen) atoms. The highest BCUT2D eigenvalue weighted by molar-refractivity contribution is 6.12. The Labute approximate surface area is 62.7 Å². The van der Waals surface area contributed by atoms with Crippen molar-refractivity contribution in [1.82, 2.24) is 0 Å². The maximum absolute atomic E-state index is 5.78. The molecular weight excluding hydrogens is 119 g/mol. The van der Waals surface area contributed by atoms with E-state index in [0.717, 1.165) is 12.8 Å². The molecule has 0 amide bonds. The third-order valence-electron chi connectivity index (χ3n) is 2.08. The van der Waals surface area contributed by atoms with E-state index in [9.17, 15) is 0 Å². The molecule has 0 aromatic heterocycles. The van der Waals surface area contributed by atoms with Crippen molar-refractivity contribution >= 4 is 7.85 Å². The molecule has 0 unspecified atom stereocenters. The zero-order valence-electron chi connectivity index (χ0n) is 5.88. The summed E-state index contributed by atoms with van der Waals surface area (Å²) in [6.07, 6.45) is 2.13. The zero-order valence-corrected chi connectivity index (χ0v) is 5.88. The van der Waals surface area contributed by atoms with Gasteiger partial charge in [0.2, 0.25) is 0 Å². The van der Waals surface area contributed by atoms with Gasteiger partial charge in [-0.3, -0.25) is 0 Å². The number of hydrogen-bond acceptors (Lipinski definition) is 0. The summed E-state index contributed by atoms with van der Waals surface area (Å²) >= 11 is 0. The second-order valence-corrected chi connectivity index (χ2v) is 2.94. The Hall–Kier alpha value is -0.715. The van der Waals surface area contributed by atoms with Gasteiger partial charge in [-0.1, -0.05) is 30.1 Å². The SMILES string of the molecule is [B]C1Cc2ccccc2C1. The van der Waals surface area contributed by atoms with Crippen LogP contribution in [0.1, 0.15) is 11.1 Å². The van der Waals surface area contributed by atoms with Gasteiger partial charge in [0, 0.05) is 0 Å². The van der Waals surface area contributed by atoms with Crippen molar-refractivity contribution in [3.8, 4) is 0 Å². The van der Waals surface area contributed by atoms with Crippen LogP contribution in [0.3, 0.4) is 0 Å². The highest BCUT2D eigenvalue weighted by atomic mass is 14.2. The van der Waals surface area contributed by atoms with Crippen LogP contribution in [0.25, 0.3) is 0 Å². The van der Waals surface area contributed by atoms with Crippen LogP contribution in [0.15, 0.2) is 24.3 Å². The van der Waals surface area contributed by atoms with Crippen LogP contribution >= 0.6 is 0 Å². The van der Waals surface area contributed by atoms with Crippen LogP contribution in [-0.2, 0) is 12.8 Å². The lowest BCUT2D eigenvalue weighted by atomic mass is 9.85. The van der Waals surface area contributed by atoms with Gasteiger partial charge in [-0.2, -0.15) is 0 Å². The van der Waals surface area contributed by atoms with E-state index >= 15 is 0 Å². The molecule has 0 atom stereocenters. The minimum absolute atomic E-state index is 0.373. The molecule has 0 N–H and O–H groups in total. The van der Waals surface area contributed by atoms with E-state index < -0.39 is 0 Å². The first kappa shape index (κ1) is 6.02. The molecule has 0 nitrogen and oxygen atoms in total. The molecule has 1 aromatic carbocycles. The van der Waals surface area contributed by atoms with E-state index in [0.29, 0.717) is 5.82 Å². The van der Waals surface area contributed by atoms with E-state index in [2.05, 4.69) is 24.3 Å². The number of rotatable bonds is 0. The summed E-state index contributed by atoms with van der Waals surface area (Å²) in [6, 6.07) is 8.50. The molecule has 2 radical (unpaired) electrons.